The summed E-state index contributed by atoms with van der Waals surface area (Å²) in [4.78, 5) is 35.9. The minimum atomic E-state index is -5.17. The van der Waals surface area contributed by atoms with Crippen LogP contribution in [0.4, 0.5) is 13.2 Å². The van der Waals surface area contributed by atoms with Crippen LogP contribution in [0.1, 0.15) is 45.2 Å². The Morgan fingerprint density at radius 2 is 1.74 bits per heavy atom. The minimum Gasteiger partial charge on any atom is -0.345 e. The van der Waals surface area contributed by atoms with E-state index in [-0.39, 0.29) is 32.6 Å². The van der Waals surface area contributed by atoms with Crippen molar-refractivity contribution in [3.05, 3.63) is 78.8 Å². The quantitative estimate of drug-likeness (QED) is 0.252. The van der Waals surface area contributed by atoms with Crippen LogP contribution in [0.25, 0.3) is 0 Å². The number of hydrogen-bond donors (Lipinski definition) is 1. The lowest BCUT2D eigenvalue weighted by Gasteiger charge is -2.38. The number of nitro groups is 1. The van der Waals surface area contributed by atoms with Gasteiger partial charge in [0, 0.05) is 44.0 Å². The lowest BCUT2D eigenvalue weighted by Crippen LogP contribution is -2.55. The van der Waals surface area contributed by atoms with Gasteiger partial charge in [-0.05, 0) is 55.3 Å². The number of halogens is 5. The largest absolute Gasteiger partial charge is 0.405 e. The summed E-state index contributed by atoms with van der Waals surface area (Å²) >= 11 is 13.4. The Labute approximate surface area is 213 Å². The number of benzene rings is 2. The molecule has 1 atom stereocenters. The number of aryl methyl sites for hydroxylation is 1. The third-order valence-electron chi connectivity index (χ3n) is 5.87. The van der Waals surface area contributed by atoms with Crippen LogP contribution in [-0.2, 0) is 5.41 Å². The Kier molecular flexibility index (Phi) is 7.79. The molecule has 2 aromatic carbocycles. The molecule has 12 heteroatoms. The Balaban J connectivity index is 1.97. The van der Waals surface area contributed by atoms with Crippen LogP contribution in [-0.4, -0.2) is 46.4 Å². The van der Waals surface area contributed by atoms with Crippen LogP contribution in [0.3, 0.4) is 0 Å². The molecule has 35 heavy (non-hydrogen) atoms. The summed E-state index contributed by atoms with van der Waals surface area (Å²) in [7, 11) is 0. The number of thioether (sulfide) groups is 1. The normalized spacial score (nSPS) is 16.7. The van der Waals surface area contributed by atoms with Crippen LogP contribution in [0.5, 0.6) is 0 Å². The smallest absolute Gasteiger partial charge is 0.345 e. The van der Waals surface area contributed by atoms with Crippen molar-refractivity contribution < 1.29 is 27.7 Å². The monoisotopic (exact) mass is 548 g/mol. The van der Waals surface area contributed by atoms with Gasteiger partial charge >= 0.3 is 6.18 Å². The number of rotatable bonds is 8. The molecule has 0 aliphatic carbocycles. The molecule has 0 bridgehead atoms. The van der Waals surface area contributed by atoms with Crippen molar-refractivity contribution in [1.82, 2.24) is 5.32 Å². The number of ketones is 1. The van der Waals surface area contributed by atoms with Gasteiger partial charge in [0.25, 0.3) is 5.91 Å². The molecule has 3 rings (SSSR count). The van der Waals surface area contributed by atoms with Crippen LogP contribution >= 0.6 is 35.0 Å². The van der Waals surface area contributed by atoms with E-state index >= 15 is 0 Å². The van der Waals surface area contributed by atoms with Gasteiger partial charge in [0.05, 0.1) is 5.54 Å². The van der Waals surface area contributed by atoms with Crippen molar-refractivity contribution in [2.45, 2.75) is 37.4 Å². The standard InChI is InChI=1S/C23H21Cl2F3N2O4S/c1-13-5-14(3-4-18(13)20(32)29-21(2)11-35-12-21)19(31)9-22(10-30(33)34,23(26,27)28)15-6-16(24)8-17(25)7-15/h3-8H,9-12H2,1-2H3,(H,29,32)/t22-/m0/s1. The van der Waals surface area contributed by atoms with Crippen molar-refractivity contribution in [1.29, 1.82) is 0 Å². The highest BCUT2D eigenvalue weighted by Crippen LogP contribution is 2.46. The van der Waals surface area contributed by atoms with Crippen molar-refractivity contribution in [3.8, 4) is 0 Å². The second-order valence-corrected chi connectivity index (χ2v) is 10.7. The number of amides is 1. The zero-order valence-electron chi connectivity index (χ0n) is 18.7. The molecule has 188 valence electrons. The number of alkyl halides is 3. The second kappa shape index (κ2) is 9.99. The van der Waals surface area contributed by atoms with Crippen LogP contribution in [0.15, 0.2) is 36.4 Å². The molecular formula is C23H21Cl2F3N2O4S. The molecule has 0 aromatic heterocycles. The molecule has 1 aliphatic rings. The maximum atomic E-state index is 14.4. The first-order valence-corrected chi connectivity index (χ1v) is 12.3. The van der Waals surface area contributed by atoms with Crippen molar-refractivity contribution in [2.75, 3.05) is 18.1 Å². The topological polar surface area (TPSA) is 89.3 Å². The molecule has 0 saturated carbocycles. The van der Waals surface area contributed by atoms with Gasteiger partial charge in [-0.15, -0.1) is 0 Å². The first-order chi connectivity index (χ1) is 16.2. The molecule has 6 nitrogen and oxygen atoms in total. The zero-order valence-corrected chi connectivity index (χ0v) is 21.0. The molecule has 1 amide bonds. The van der Waals surface area contributed by atoms with Crippen molar-refractivity contribution >= 4 is 46.7 Å². The Hall–Kier alpha value is -2.30. The van der Waals surface area contributed by atoms with Gasteiger partial charge in [-0.2, -0.15) is 24.9 Å². The zero-order chi connectivity index (χ0) is 26.2. The van der Waals surface area contributed by atoms with Gasteiger partial charge in [0.15, 0.2) is 11.2 Å². The van der Waals surface area contributed by atoms with E-state index < -0.39 is 40.8 Å². The lowest BCUT2D eigenvalue weighted by atomic mass is 9.74. The molecular weight excluding hydrogens is 528 g/mol. The fourth-order valence-corrected chi connectivity index (χ4v) is 5.43. The summed E-state index contributed by atoms with van der Waals surface area (Å²) in [6, 6.07) is 6.97. The third kappa shape index (κ3) is 5.92. The predicted octanol–water partition coefficient (Wildman–Crippen LogP) is 5.89. The van der Waals surface area contributed by atoms with E-state index in [1.807, 2.05) is 6.92 Å². The van der Waals surface area contributed by atoms with Crippen molar-refractivity contribution in [3.63, 3.8) is 0 Å². The molecule has 1 N–H and O–H groups in total. The molecule has 0 spiro atoms. The molecule has 1 saturated heterocycles. The van der Waals surface area contributed by atoms with Gasteiger partial charge in [-0.25, -0.2) is 0 Å². The van der Waals surface area contributed by atoms with E-state index in [1.54, 1.807) is 18.7 Å². The Morgan fingerprint density at radius 1 is 1.14 bits per heavy atom. The minimum absolute atomic E-state index is 0.102. The number of hydrogen-bond acceptors (Lipinski definition) is 5. The predicted molar refractivity (Wildman–Crippen MR) is 129 cm³/mol. The Bertz CT molecular complexity index is 1170. The summed E-state index contributed by atoms with van der Waals surface area (Å²) in [5.41, 5.74) is -3.50. The van der Waals surface area contributed by atoms with Gasteiger partial charge in [-0.1, -0.05) is 29.3 Å². The molecule has 0 unspecified atom stereocenters. The highest BCUT2D eigenvalue weighted by atomic mass is 35.5. The molecule has 0 radical (unpaired) electrons. The van der Waals surface area contributed by atoms with E-state index in [2.05, 4.69) is 5.32 Å². The highest BCUT2D eigenvalue weighted by molar-refractivity contribution is 8.00. The maximum absolute atomic E-state index is 14.4. The summed E-state index contributed by atoms with van der Waals surface area (Å²) in [6.45, 7) is 1.88. The van der Waals surface area contributed by atoms with E-state index in [1.165, 1.54) is 24.3 Å². The SMILES string of the molecule is Cc1cc(C(=O)C[C@](C[N+](=O)[O-])(c2cc(Cl)cc(Cl)c2)C(F)(F)F)ccc1C(=O)NC1(C)CSC1. The summed E-state index contributed by atoms with van der Waals surface area (Å²) in [6.07, 6.45) is -6.41. The molecule has 1 aliphatic heterocycles. The van der Waals surface area contributed by atoms with Gasteiger partial charge in [-0.3, -0.25) is 19.7 Å². The van der Waals surface area contributed by atoms with E-state index in [0.29, 0.717) is 5.56 Å². The maximum Gasteiger partial charge on any atom is 0.405 e. The van der Waals surface area contributed by atoms with Crippen LogP contribution in [0, 0.1) is 17.0 Å². The number of carbonyl (C=O) groups excluding carboxylic acids is 2. The number of nitrogens with one attached hydrogen (secondary N) is 1. The summed E-state index contributed by atoms with van der Waals surface area (Å²) < 4.78 is 43.2. The molecule has 1 heterocycles. The van der Waals surface area contributed by atoms with E-state index in [4.69, 9.17) is 23.2 Å². The van der Waals surface area contributed by atoms with E-state index in [0.717, 1.165) is 23.6 Å². The van der Waals surface area contributed by atoms with Gasteiger partial charge < -0.3 is 5.32 Å². The Morgan fingerprint density at radius 3 is 2.20 bits per heavy atom. The fraction of sp³-hybridized carbons (Fsp3) is 0.391. The van der Waals surface area contributed by atoms with Crippen LogP contribution < -0.4 is 5.32 Å². The average molecular weight is 549 g/mol. The van der Waals surface area contributed by atoms with E-state index in [9.17, 15) is 32.9 Å². The average Bonchev–Trinajstić information content (AvgIpc) is 2.69. The third-order valence-corrected chi connectivity index (χ3v) is 7.99. The number of carbonyl (C=O) groups is 2. The van der Waals surface area contributed by atoms with Crippen molar-refractivity contribution in [2.24, 2.45) is 0 Å². The number of Topliss-reactive ketones (excluding diaryl/α,β-unsaturated/α-hetero) is 1. The summed E-state index contributed by atoms with van der Waals surface area (Å²) in [5, 5.41) is 13.9. The number of nitrogens with zero attached hydrogens (tertiary/aromatic N) is 1. The molecule has 1 fully saturated rings. The second-order valence-electron chi connectivity index (χ2n) is 8.87. The molecule has 2 aromatic rings. The van der Waals surface area contributed by atoms with Gasteiger partial charge in [0.1, 0.15) is 0 Å². The van der Waals surface area contributed by atoms with Gasteiger partial charge in [0.2, 0.25) is 6.54 Å². The van der Waals surface area contributed by atoms with Crippen LogP contribution in [0.2, 0.25) is 10.0 Å². The lowest BCUT2D eigenvalue weighted by molar-refractivity contribution is -0.501. The first-order valence-electron chi connectivity index (χ1n) is 10.3. The highest BCUT2D eigenvalue weighted by Gasteiger charge is 2.60. The summed E-state index contributed by atoms with van der Waals surface area (Å²) in [5.74, 6) is 0.198. The first kappa shape index (κ1) is 27.3. The fourth-order valence-electron chi connectivity index (χ4n) is 3.94.